The first-order valence-corrected chi connectivity index (χ1v) is 10.9. The van der Waals surface area contributed by atoms with Crippen LogP contribution in [0, 0.1) is 6.92 Å². The number of halogens is 1. The lowest BCUT2D eigenvalue weighted by molar-refractivity contribution is 0.249. The van der Waals surface area contributed by atoms with Crippen molar-refractivity contribution in [2.45, 2.75) is 45.3 Å². The van der Waals surface area contributed by atoms with Crippen LogP contribution >= 0.6 is 24.0 Å². The van der Waals surface area contributed by atoms with Gasteiger partial charge in [-0.15, -0.1) is 24.0 Å². The van der Waals surface area contributed by atoms with Gasteiger partial charge in [-0.1, -0.05) is 36.4 Å². The molecule has 2 aromatic rings. The van der Waals surface area contributed by atoms with Gasteiger partial charge in [0.25, 0.3) is 0 Å². The molecule has 1 saturated heterocycles. The van der Waals surface area contributed by atoms with E-state index in [-0.39, 0.29) is 24.0 Å². The predicted molar refractivity (Wildman–Crippen MR) is 141 cm³/mol. The molecule has 1 fully saturated rings. The van der Waals surface area contributed by atoms with Crippen molar-refractivity contribution in [1.29, 1.82) is 0 Å². The number of aliphatic imine (C=N–C) groups is 1. The maximum Gasteiger partial charge on any atom is 0.191 e. The van der Waals surface area contributed by atoms with E-state index < -0.39 is 0 Å². The summed E-state index contributed by atoms with van der Waals surface area (Å²) < 4.78 is 0. The molecule has 31 heavy (non-hydrogen) atoms. The Hall–Kier alpha value is -1.87. The molecule has 0 saturated carbocycles. The van der Waals surface area contributed by atoms with Gasteiger partial charge in [0.2, 0.25) is 0 Å². The third-order valence-corrected chi connectivity index (χ3v) is 5.85. The number of aromatic nitrogens is 1. The number of anilines is 1. The van der Waals surface area contributed by atoms with Gasteiger partial charge in [-0.25, -0.2) is 4.98 Å². The van der Waals surface area contributed by atoms with Crippen molar-refractivity contribution in [1.82, 2.24) is 20.5 Å². The molecule has 1 unspecified atom stereocenters. The van der Waals surface area contributed by atoms with E-state index in [0.29, 0.717) is 12.1 Å². The summed E-state index contributed by atoms with van der Waals surface area (Å²) in [5.74, 6) is 1.98. The van der Waals surface area contributed by atoms with Crippen LogP contribution in [-0.2, 0) is 6.54 Å². The van der Waals surface area contributed by atoms with E-state index in [1.54, 1.807) is 0 Å². The van der Waals surface area contributed by atoms with Crippen molar-refractivity contribution in [3.63, 3.8) is 0 Å². The monoisotopic (exact) mass is 536 g/mol. The second-order valence-corrected chi connectivity index (χ2v) is 8.25. The summed E-state index contributed by atoms with van der Waals surface area (Å²) in [4.78, 5) is 13.8. The molecule has 0 radical (unpaired) electrons. The first kappa shape index (κ1) is 25.4. The van der Waals surface area contributed by atoms with Crippen molar-refractivity contribution in [3.8, 4) is 0 Å². The van der Waals surface area contributed by atoms with Gasteiger partial charge in [0.15, 0.2) is 5.96 Å². The number of rotatable bonds is 7. The summed E-state index contributed by atoms with van der Waals surface area (Å²) in [7, 11) is 4.02. The highest BCUT2D eigenvalue weighted by molar-refractivity contribution is 14.0. The fraction of sp³-hybridized carbons (Fsp3) is 0.500. The number of likely N-dealkylation sites (N-methyl/N-ethyl adjacent to an activating group) is 1. The summed E-state index contributed by atoms with van der Waals surface area (Å²) in [5, 5.41) is 7.11. The highest BCUT2D eigenvalue weighted by atomic mass is 127. The number of hydrogen-bond acceptors (Lipinski definition) is 4. The number of piperidine rings is 1. The molecule has 1 aromatic heterocycles. The molecule has 170 valence electrons. The van der Waals surface area contributed by atoms with E-state index >= 15 is 0 Å². The average molecular weight is 537 g/mol. The van der Waals surface area contributed by atoms with E-state index in [1.165, 1.54) is 5.56 Å². The minimum atomic E-state index is 0. The Morgan fingerprint density at radius 2 is 1.87 bits per heavy atom. The van der Waals surface area contributed by atoms with E-state index in [4.69, 9.17) is 0 Å². The zero-order chi connectivity index (χ0) is 21.3. The molecular formula is C24H37IN6. The van der Waals surface area contributed by atoms with Crippen LogP contribution in [0.4, 0.5) is 5.82 Å². The van der Waals surface area contributed by atoms with Gasteiger partial charge in [0.1, 0.15) is 5.82 Å². The highest BCUT2D eigenvalue weighted by Gasteiger charge is 2.21. The normalized spacial score (nSPS) is 16.0. The van der Waals surface area contributed by atoms with E-state index in [2.05, 4.69) is 86.8 Å². The third kappa shape index (κ3) is 7.96. The summed E-state index contributed by atoms with van der Waals surface area (Å²) >= 11 is 0. The molecule has 7 heteroatoms. The second-order valence-electron chi connectivity index (χ2n) is 8.25. The lowest BCUT2D eigenvalue weighted by Crippen LogP contribution is -2.51. The standard InChI is InChI=1S/C24H36N6.HI/c1-19-9-8-12-23(27-19)30-15-13-22(14-16-30)28-24(25-3)26-17-20(2)29(4)18-21-10-6-5-7-11-21;/h5-12,20,22H,13-18H2,1-4H3,(H2,25,26,28);1H. The number of nitrogens with one attached hydrogen (secondary N) is 2. The van der Waals surface area contributed by atoms with Crippen LogP contribution in [0.5, 0.6) is 0 Å². The maximum atomic E-state index is 4.66. The highest BCUT2D eigenvalue weighted by Crippen LogP contribution is 2.18. The number of benzene rings is 1. The largest absolute Gasteiger partial charge is 0.356 e. The first-order valence-electron chi connectivity index (χ1n) is 10.9. The Morgan fingerprint density at radius 3 is 2.52 bits per heavy atom. The molecule has 1 atom stereocenters. The molecule has 2 heterocycles. The zero-order valence-corrected chi connectivity index (χ0v) is 21.5. The number of hydrogen-bond donors (Lipinski definition) is 2. The minimum absolute atomic E-state index is 0. The van der Waals surface area contributed by atoms with Gasteiger partial charge < -0.3 is 15.5 Å². The van der Waals surface area contributed by atoms with Crippen LogP contribution in [0.3, 0.4) is 0 Å². The van der Waals surface area contributed by atoms with Crippen molar-refractivity contribution in [2.24, 2.45) is 4.99 Å². The second kappa shape index (κ2) is 12.9. The average Bonchev–Trinajstić information content (AvgIpc) is 2.77. The van der Waals surface area contributed by atoms with Gasteiger partial charge in [-0.2, -0.15) is 0 Å². The SMILES string of the molecule is CN=C(NCC(C)N(C)Cc1ccccc1)NC1CCN(c2cccc(C)n2)CC1.I. The van der Waals surface area contributed by atoms with E-state index in [0.717, 1.165) is 56.5 Å². The summed E-state index contributed by atoms with van der Waals surface area (Å²) in [5.41, 5.74) is 2.41. The van der Waals surface area contributed by atoms with Crippen LogP contribution in [0.1, 0.15) is 31.0 Å². The van der Waals surface area contributed by atoms with Crippen LogP contribution in [0.15, 0.2) is 53.5 Å². The predicted octanol–water partition coefficient (Wildman–Crippen LogP) is 3.66. The number of pyridine rings is 1. The zero-order valence-electron chi connectivity index (χ0n) is 19.2. The summed E-state index contributed by atoms with van der Waals surface area (Å²) in [6, 6.07) is 17.7. The minimum Gasteiger partial charge on any atom is -0.356 e. The Bertz CT molecular complexity index is 805. The summed E-state index contributed by atoms with van der Waals surface area (Å²) in [6.07, 6.45) is 2.17. The topological polar surface area (TPSA) is 55.8 Å². The quantitative estimate of drug-likeness (QED) is 0.322. The first-order chi connectivity index (χ1) is 14.5. The van der Waals surface area contributed by atoms with Crippen LogP contribution in [-0.4, -0.2) is 61.7 Å². The Balaban J connectivity index is 0.00000341. The lowest BCUT2D eigenvalue weighted by Gasteiger charge is -2.34. The smallest absolute Gasteiger partial charge is 0.191 e. The van der Waals surface area contributed by atoms with Crippen LogP contribution in [0.2, 0.25) is 0 Å². The van der Waals surface area contributed by atoms with Gasteiger partial charge in [0, 0.05) is 51.0 Å². The Morgan fingerprint density at radius 1 is 1.16 bits per heavy atom. The molecule has 0 bridgehead atoms. The maximum absolute atomic E-state index is 4.66. The van der Waals surface area contributed by atoms with Crippen molar-refractivity contribution in [2.75, 3.05) is 38.6 Å². The summed E-state index contributed by atoms with van der Waals surface area (Å²) in [6.45, 7) is 8.13. The van der Waals surface area contributed by atoms with E-state index in [9.17, 15) is 0 Å². The number of nitrogens with zero attached hydrogens (tertiary/aromatic N) is 4. The van der Waals surface area contributed by atoms with Crippen LogP contribution in [0.25, 0.3) is 0 Å². The fourth-order valence-electron chi connectivity index (χ4n) is 3.77. The molecule has 1 aliphatic rings. The fourth-order valence-corrected chi connectivity index (χ4v) is 3.77. The number of aryl methyl sites for hydroxylation is 1. The molecule has 6 nitrogen and oxygen atoms in total. The van der Waals surface area contributed by atoms with Gasteiger partial charge in [-0.3, -0.25) is 9.89 Å². The molecule has 0 aliphatic carbocycles. The van der Waals surface area contributed by atoms with Crippen molar-refractivity contribution < 1.29 is 0 Å². The third-order valence-electron chi connectivity index (χ3n) is 5.85. The van der Waals surface area contributed by atoms with Crippen LogP contribution < -0.4 is 15.5 Å². The lowest BCUT2D eigenvalue weighted by atomic mass is 10.1. The van der Waals surface area contributed by atoms with Gasteiger partial charge in [-0.05, 0) is 51.4 Å². The van der Waals surface area contributed by atoms with Crippen molar-refractivity contribution in [3.05, 3.63) is 59.8 Å². The van der Waals surface area contributed by atoms with Gasteiger partial charge >= 0.3 is 0 Å². The van der Waals surface area contributed by atoms with Crippen molar-refractivity contribution >= 4 is 35.8 Å². The number of guanidine groups is 1. The Labute approximate surface area is 204 Å². The molecule has 1 aromatic carbocycles. The molecule has 0 amide bonds. The molecule has 2 N–H and O–H groups in total. The Kier molecular flexibility index (Phi) is 10.5. The molecule has 0 spiro atoms. The molecule has 1 aliphatic heterocycles. The molecular weight excluding hydrogens is 499 g/mol. The van der Waals surface area contributed by atoms with E-state index in [1.807, 2.05) is 20.0 Å². The molecule has 3 rings (SSSR count). The van der Waals surface area contributed by atoms with Gasteiger partial charge in [0.05, 0.1) is 0 Å².